The molecule has 0 saturated heterocycles. The highest BCUT2D eigenvalue weighted by Gasteiger charge is 2.22. The molecular weight excluding hydrogens is 280 g/mol. The van der Waals surface area contributed by atoms with Crippen molar-refractivity contribution >= 4 is 22.8 Å². The first-order chi connectivity index (χ1) is 9.01. The summed E-state index contributed by atoms with van der Waals surface area (Å²) in [7, 11) is -1.00. The van der Waals surface area contributed by atoms with Crippen molar-refractivity contribution in [3.05, 3.63) is 0 Å². The zero-order chi connectivity index (χ0) is 15.9. The molecule has 118 valence electrons. The Hall–Kier alpha value is -1.11. The molecule has 0 aliphatic carbocycles. The lowest BCUT2D eigenvalue weighted by atomic mass is 9.87. The average molecular weight is 306 g/mol. The Morgan fingerprint density at radius 3 is 2.25 bits per heavy atom. The number of carboxylic acid groups (broad SMARTS) is 1. The van der Waals surface area contributed by atoms with Crippen LogP contribution < -0.4 is 10.6 Å². The third kappa shape index (κ3) is 9.77. The van der Waals surface area contributed by atoms with Crippen molar-refractivity contribution in [1.29, 1.82) is 0 Å². The standard InChI is InChI=1S/C13H26N2O4S/c1-9(20(5)19)8-14-12(18)15-10(6-11(16)17)7-13(2,3)4/h9-10H,6-8H2,1-5H3,(H,16,17)(H2,14,15,18). The van der Waals surface area contributed by atoms with E-state index in [4.69, 9.17) is 5.11 Å². The number of hydrogen-bond acceptors (Lipinski definition) is 3. The fraction of sp³-hybridized carbons (Fsp3) is 0.846. The molecule has 3 unspecified atom stereocenters. The van der Waals surface area contributed by atoms with E-state index in [1.807, 2.05) is 20.8 Å². The van der Waals surface area contributed by atoms with E-state index in [2.05, 4.69) is 10.6 Å². The van der Waals surface area contributed by atoms with Crippen LogP contribution in [0.5, 0.6) is 0 Å². The second-order valence-electron chi connectivity index (χ2n) is 6.22. The molecule has 0 fully saturated rings. The Balaban J connectivity index is 4.38. The van der Waals surface area contributed by atoms with Gasteiger partial charge in [-0.1, -0.05) is 20.8 Å². The summed E-state index contributed by atoms with van der Waals surface area (Å²) in [5.74, 6) is -0.942. The molecule has 0 saturated carbocycles. The largest absolute Gasteiger partial charge is 0.481 e. The van der Waals surface area contributed by atoms with Crippen molar-refractivity contribution in [2.24, 2.45) is 5.41 Å². The number of hydrogen-bond donors (Lipinski definition) is 3. The molecule has 0 bridgehead atoms. The summed E-state index contributed by atoms with van der Waals surface area (Å²) in [6.07, 6.45) is 2.04. The Bertz CT molecular complexity index is 366. The number of amides is 2. The second kappa shape index (κ2) is 8.24. The molecule has 0 spiro atoms. The number of urea groups is 1. The zero-order valence-electron chi connectivity index (χ0n) is 12.9. The molecule has 0 radical (unpaired) electrons. The molecule has 0 aliphatic heterocycles. The predicted octanol–water partition coefficient (Wildman–Crippen LogP) is 1.33. The van der Waals surface area contributed by atoms with Crippen LogP contribution in [0.25, 0.3) is 0 Å². The van der Waals surface area contributed by atoms with E-state index in [0.717, 1.165) is 0 Å². The molecule has 2 amide bonds. The Morgan fingerprint density at radius 2 is 1.85 bits per heavy atom. The quantitative estimate of drug-likeness (QED) is 0.661. The molecule has 0 aromatic heterocycles. The van der Waals surface area contributed by atoms with Crippen molar-refractivity contribution in [3.8, 4) is 0 Å². The van der Waals surface area contributed by atoms with Gasteiger partial charge >= 0.3 is 12.0 Å². The number of carboxylic acids is 1. The molecule has 0 aromatic carbocycles. The molecule has 0 heterocycles. The first-order valence-corrected chi connectivity index (χ1v) is 8.22. The second-order valence-corrected chi connectivity index (χ2v) is 8.03. The van der Waals surface area contributed by atoms with Gasteiger partial charge in [-0.25, -0.2) is 4.79 Å². The number of nitrogens with one attached hydrogen (secondary N) is 2. The average Bonchev–Trinajstić information content (AvgIpc) is 2.21. The predicted molar refractivity (Wildman–Crippen MR) is 80.2 cm³/mol. The van der Waals surface area contributed by atoms with Crippen molar-refractivity contribution < 1.29 is 18.9 Å². The molecule has 6 nitrogen and oxygen atoms in total. The fourth-order valence-electron chi connectivity index (χ4n) is 1.71. The fourth-order valence-corrected chi connectivity index (χ4v) is 2.03. The van der Waals surface area contributed by atoms with E-state index in [1.165, 1.54) is 0 Å². The van der Waals surface area contributed by atoms with Crippen LogP contribution in [0.2, 0.25) is 0 Å². The van der Waals surface area contributed by atoms with Crippen LogP contribution in [0.3, 0.4) is 0 Å². The minimum Gasteiger partial charge on any atom is -0.481 e. The Labute approximate surface area is 123 Å². The molecule has 3 atom stereocenters. The SMILES string of the molecule is CC(CNC(=O)NC(CC(=O)O)CC(C)(C)C)S(C)=O. The third-order valence-corrected chi connectivity index (χ3v) is 4.03. The number of aliphatic carboxylic acids is 1. The van der Waals surface area contributed by atoms with Crippen molar-refractivity contribution in [2.45, 2.75) is 51.8 Å². The highest BCUT2D eigenvalue weighted by atomic mass is 32.2. The van der Waals surface area contributed by atoms with Gasteiger partial charge in [-0.3, -0.25) is 9.00 Å². The van der Waals surface area contributed by atoms with Crippen molar-refractivity contribution in [1.82, 2.24) is 10.6 Å². The summed E-state index contributed by atoms with van der Waals surface area (Å²) < 4.78 is 11.2. The van der Waals surface area contributed by atoms with Crippen LogP contribution in [0.1, 0.15) is 40.5 Å². The van der Waals surface area contributed by atoms with Gasteiger partial charge < -0.3 is 15.7 Å². The van der Waals surface area contributed by atoms with Crippen LogP contribution >= 0.6 is 0 Å². The van der Waals surface area contributed by atoms with Crippen LogP contribution in [-0.4, -0.2) is 45.4 Å². The Morgan fingerprint density at radius 1 is 1.30 bits per heavy atom. The van der Waals surface area contributed by atoms with Crippen molar-refractivity contribution in [2.75, 3.05) is 12.8 Å². The maximum atomic E-state index is 11.7. The van der Waals surface area contributed by atoms with Gasteiger partial charge in [-0.05, 0) is 18.8 Å². The van der Waals surface area contributed by atoms with Crippen LogP contribution in [0.4, 0.5) is 4.79 Å². The Kier molecular flexibility index (Phi) is 7.78. The third-order valence-electron chi connectivity index (χ3n) is 2.73. The van der Waals surface area contributed by atoms with Gasteiger partial charge in [0.25, 0.3) is 0 Å². The summed E-state index contributed by atoms with van der Waals surface area (Å²) in [5.41, 5.74) is -0.0778. The summed E-state index contributed by atoms with van der Waals surface area (Å²) in [6, 6.07) is -0.840. The van der Waals surface area contributed by atoms with Gasteiger partial charge in [0.1, 0.15) is 0 Å². The van der Waals surface area contributed by atoms with E-state index in [1.54, 1.807) is 13.2 Å². The van der Waals surface area contributed by atoms with Gasteiger partial charge in [0, 0.05) is 34.9 Å². The van der Waals surface area contributed by atoms with Gasteiger partial charge in [0.2, 0.25) is 0 Å². The molecule has 0 rings (SSSR count). The minimum atomic E-state index is -1.00. The van der Waals surface area contributed by atoms with Crippen molar-refractivity contribution in [3.63, 3.8) is 0 Å². The summed E-state index contributed by atoms with van der Waals surface area (Å²) in [5, 5.41) is 14.0. The van der Waals surface area contributed by atoms with E-state index < -0.39 is 28.8 Å². The lowest BCUT2D eigenvalue weighted by Gasteiger charge is -2.26. The zero-order valence-corrected chi connectivity index (χ0v) is 13.7. The van der Waals surface area contributed by atoms with Gasteiger partial charge in [-0.2, -0.15) is 0 Å². The van der Waals surface area contributed by atoms with Gasteiger partial charge in [0.15, 0.2) is 0 Å². The number of carbonyl (C=O) groups excluding carboxylic acids is 1. The highest BCUT2D eigenvalue weighted by molar-refractivity contribution is 7.84. The lowest BCUT2D eigenvalue weighted by Crippen LogP contribution is -2.46. The first-order valence-electron chi connectivity index (χ1n) is 6.59. The van der Waals surface area contributed by atoms with E-state index in [9.17, 15) is 13.8 Å². The number of rotatable bonds is 7. The lowest BCUT2D eigenvalue weighted by molar-refractivity contribution is -0.137. The van der Waals surface area contributed by atoms with Crippen LogP contribution in [0.15, 0.2) is 0 Å². The highest BCUT2D eigenvalue weighted by Crippen LogP contribution is 2.22. The summed E-state index contributed by atoms with van der Waals surface area (Å²) >= 11 is 0. The maximum absolute atomic E-state index is 11.7. The molecule has 7 heteroatoms. The summed E-state index contributed by atoms with van der Waals surface area (Å²) in [4.78, 5) is 22.6. The molecule has 0 aliphatic rings. The smallest absolute Gasteiger partial charge is 0.315 e. The topological polar surface area (TPSA) is 95.5 Å². The monoisotopic (exact) mass is 306 g/mol. The minimum absolute atomic E-state index is 0.0778. The van der Waals surface area contributed by atoms with E-state index in [-0.39, 0.29) is 17.1 Å². The van der Waals surface area contributed by atoms with Crippen LogP contribution in [-0.2, 0) is 15.6 Å². The van der Waals surface area contributed by atoms with E-state index in [0.29, 0.717) is 13.0 Å². The maximum Gasteiger partial charge on any atom is 0.315 e. The molecule has 20 heavy (non-hydrogen) atoms. The molecule has 3 N–H and O–H groups in total. The number of carbonyl (C=O) groups is 2. The molecular formula is C13H26N2O4S. The van der Waals surface area contributed by atoms with E-state index >= 15 is 0 Å². The van der Waals surface area contributed by atoms with Crippen LogP contribution in [0, 0.1) is 5.41 Å². The molecule has 0 aromatic rings. The van der Waals surface area contributed by atoms with Gasteiger partial charge in [-0.15, -0.1) is 0 Å². The normalized spacial score (nSPS) is 16.1. The van der Waals surface area contributed by atoms with Gasteiger partial charge in [0.05, 0.1) is 6.42 Å². The first kappa shape index (κ1) is 18.9. The summed E-state index contributed by atoms with van der Waals surface area (Å²) in [6.45, 7) is 8.04.